The molecule has 0 spiro atoms. The molecule has 3 heterocycles. The lowest BCUT2D eigenvalue weighted by Gasteiger charge is -2.32. The molecule has 0 radical (unpaired) electrons. The first-order chi connectivity index (χ1) is 31.1. The second-order valence-electron chi connectivity index (χ2n) is 19.3. The van der Waals surface area contributed by atoms with Gasteiger partial charge in [0.15, 0.2) is 0 Å². The molecular weight excluding hydrogens is 835 g/mol. The predicted octanol–water partition coefficient (Wildman–Crippen LogP) is 6.40. The smallest absolute Gasteiger partial charge is 0.408 e. The van der Waals surface area contributed by atoms with E-state index in [0.717, 1.165) is 87.1 Å². The number of alkyl carbamates (subject to hydrolysis) is 1. The number of hydrogen-bond acceptors (Lipinski definition) is 10. The van der Waals surface area contributed by atoms with Crippen LogP contribution in [0.1, 0.15) is 107 Å². The van der Waals surface area contributed by atoms with Crippen LogP contribution in [0.2, 0.25) is 0 Å². The molecule has 7 atom stereocenters. The van der Waals surface area contributed by atoms with Gasteiger partial charge in [-0.1, -0.05) is 67.5 Å². The van der Waals surface area contributed by atoms with Gasteiger partial charge in [-0.25, -0.2) is 18.2 Å². The van der Waals surface area contributed by atoms with Crippen LogP contribution in [0, 0.1) is 23.7 Å². The van der Waals surface area contributed by atoms with Crippen molar-refractivity contribution in [1.82, 2.24) is 25.2 Å². The molecule has 2 aliphatic heterocycles. The van der Waals surface area contributed by atoms with Crippen LogP contribution in [0.3, 0.4) is 0 Å². The van der Waals surface area contributed by atoms with E-state index in [1.807, 2.05) is 54.6 Å². The van der Waals surface area contributed by atoms with Crippen LogP contribution in [-0.4, -0.2) is 83.7 Å². The van der Waals surface area contributed by atoms with Gasteiger partial charge in [0.25, 0.3) is 5.91 Å². The van der Waals surface area contributed by atoms with E-state index in [2.05, 4.69) is 27.5 Å². The third-order valence-electron chi connectivity index (χ3n) is 14.9. The molecule has 2 bridgehead atoms. The summed E-state index contributed by atoms with van der Waals surface area (Å²) in [7, 11) is -3.88. The Bertz CT molecular complexity index is 2420. The van der Waals surface area contributed by atoms with Gasteiger partial charge < -0.3 is 29.7 Å². The zero-order valence-electron chi connectivity index (χ0n) is 36.3. The minimum atomic E-state index is -3.88. The number of carbonyl (C=O) groups is 4. The Balaban J connectivity index is 1.01. The van der Waals surface area contributed by atoms with Crippen molar-refractivity contribution < 1.29 is 41.8 Å². The van der Waals surface area contributed by atoms with Crippen molar-refractivity contribution in [1.29, 1.82) is 0 Å². The van der Waals surface area contributed by atoms with E-state index in [1.165, 1.54) is 4.90 Å². The van der Waals surface area contributed by atoms with Crippen molar-refractivity contribution in [2.45, 2.75) is 144 Å². The van der Waals surface area contributed by atoms with E-state index in [0.29, 0.717) is 49.4 Å². The van der Waals surface area contributed by atoms with Gasteiger partial charge in [0.1, 0.15) is 42.2 Å². The number of pyridine rings is 1. The van der Waals surface area contributed by atoms with Crippen LogP contribution in [0.25, 0.3) is 10.9 Å². The molecule has 0 unspecified atom stereocenters. The molecule has 3 N–H and O–H groups in total. The number of fused-ring (bicyclic) bond motifs is 5. The fraction of sp³-hybridized carbons (Fsp3) is 0.571. The van der Waals surface area contributed by atoms with Crippen LogP contribution >= 0.6 is 0 Å². The molecule has 5 saturated carbocycles. The third kappa shape index (κ3) is 8.93. The van der Waals surface area contributed by atoms with Gasteiger partial charge in [0.2, 0.25) is 27.7 Å². The van der Waals surface area contributed by atoms with Gasteiger partial charge >= 0.3 is 6.09 Å². The second-order valence-corrected chi connectivity index (χ2v) is 21.3. The molecule has 14 nitrogen and oxygen atoms in total. The molecule has 7 aliphatic rings. The summed E-state index contributed by atoms with van der Waals surface area (Å²) in [6.45, 7) is 0.322. The van der Waals surface area contributed by atoms with E-state index in [9.17, 15) is 22.8 Å². The first kappa shape index (κ1) is 42.8. The SMILES string of the molecule is O=C1N[C@@H](C2CCCC2)C(=O)N2C[C@@H](C[C@H]2C(=O)N[C@]2(C(=O)NS(=O)(=O)C3CC3)C[C@H]2C2CC2)Oc2nc3ccccc3c(OCc3ccccc3)c2C/C=C/CC[C@@H]2CCC[C@H]2O1. The number of rotatable bonds is 10. The number of hydrogen-bond donors (Lipinski definition) is 3. The highest BCUT2D eigenvalue weighted by atomic mass is 32.2. The summed E-state index contributed by atoms with van der Waals surface area (Å²) >= 11 is 0. The first-order valence-corrected chi connectivity index (χ1v) is 25.2. The maximum atomic E-state index is 15.1. The topological polar surface area (TPSA) is 182 Å². The Labute approximate surface area is 374 Å². The average molecular weight is 894 g/mol. The zero-order valence-corrected chi connectivity index (χ0v) is 37.1. The van der Waals surface area contributed by atoms with E-state index in [-0.39, 0.29) is 42.7 Å². The highest BCUT2D eigenvalue weighted by Gasteiger charge is 2.67. The van der Waals surface area contributed by atoms with Gasteiger partial charge in [-0.2, -0.15) is 0 Å². The van der Waals surface area contributed by atoms with E-state index in [4.69, 9.17) is 19.2 Å². The van der Waals surface area contributed by atoms with E-state index >= 15 is 4.79 Å². The molecule has 340 valence electrons. The Morgan fingerprint density at radius 3 is 2.41 bits per heavy atom. The molecule has 6 fully saturated rings. The van der Waals surface area contributed by atoms with Gasteiger partial charge in [-0.3, -0.25) is 19.1 Å². The van der Waals surface area contributed by atoms with Crippen LogP contribution in [0.5, 0.6) is 11.6 Å². The van der Waals surface area contributed by atoms with Gasteiger partial charge in [-0.15, -0.1) is 0 Å². The lowest BCUT2D eigenvalue weighted by Crippen LogP contribution is -2.59. The summed E-state index contributed by atoms with van der Waals surface area (Å²) in [4.78, 5) is 64.3. The summed E-state index contributed by atoms with van der Waals surface area (Å²) in [5.41, 5.74) is 1.01. The summed E-state index contributed by atoms with van der Waals surface area (Å²) in [5.74, 6) is -0.692. The zero-order chi connectivity index (χ0) is 44.0. The summed E-state index contributed by atoms with van der Waals surface area (Å²) in [6.07, 6.45) is 13.8. The Morgan fingerprint density at radius 2 is 1.62 bits per heavy atom. The number of para-hydroxylation sites is 1. The van der Waals surface area contributed by atoms with Crippen LogP contribution in [0.4, 0.5) is 4.79 Å². The monoisotopic (exact) mass is 893 g/mol. The molecule has 5 aliphatic carbocycles. The van der Waals surface area contributed by atoms with E-state index in [1.54, 1.807) is 0 Å². The van der Waals surface area contributed by atoms with Crippen LogP contribution in [0.15, 0.2) is 66.7 Å². The Morgan fingerprint density at radius 1 is 0.859 bits per heavy atom. The lowest BCUT2D eigenvalue weighted by molar-refractivity contribution is -0.142. The number of amides is 4. The Hall–Kier alpha value is -5.18. The highest BCUT2D eigenvalue weighted by Crippen LogP contribution is 2.57. The van der Waals surface area contributed by atoms with Crippen molar-refractivity contribution in [3.05, 3.63) is 77.9 Å². The molecule has 10 rings (SSSR count). The average Bonchev–Trinajstić information content (AvgIpc) is 4.25. The largest absolute Gasteiger partial charge is 0.488 e. The quantitative estimate of drug-likeness (QED) is 0.193. The van der Waals surface area contributed by atoms with Crippen molar-refractivity contribution in [2.24, 2.45) is 23.7 Å². The maximum absolute atomic E-state index is 15.1. The number of nitrogens with zero attached hydrogens (tertiary/aromatic N) is 2. The summed E-state index contributed by atoms with van der Waals surface area (Å²) in [6, 6.07) is 15.7. The number of sulfonamides is 1. The lowest BCUT2D eigenvalue weighted by atomic mass is 9.96. The highest BCUT2D eigenvalue weighted by molar-refractivity contribution is 7.91. The third-order valence-corrected chi connectivity index (χ3v) is 16.7. The minimum Gasteiger partial charge on any atom is -0.488 e. The molecule has 15 heteroatoms. The molecule has 64 heavy (non-hydrogen) atoms. The van der Waals surface area contributed by atoms with Crippen LogP contribution in [-0.2, 0) is 42.2 Å². The van der Waals surface area contributed by atoms with Crippen molar-refractivity contribution in [3.63, 3.8) is 0 Å². The van der Waals surface area contributed by atoms with Gasteiger partial charge in [0.05, 0.1) is 22.9 Å². The van der Waals surface area contributed by atoms with Crippen molar-refractivity contribution in [3.8, 4) is 11.6 Å². The van der Waals surface area contributed by atoms with Crippen LogP contribution < -0.4 is 24.8 Å². The molecule has 1 aromatic heterocycles. The summed E-state index contributed by atoms with van der Waals surface area (Å²) < 4.78 is 48.0. The molecule has 2 aromatic carbocycles. The number of ether oxygens (including phenoxy) is 3. The molecule has 1 saturated heterocycles. The fourth-order valence-corrected chi connectivity index (χ4v) is 12.3. The predicted molar refractivity (Wildman–Crippen MR) is 237 cm³/mol. The maximum Gasteiger partial charge on any atom is 0.408 e. The fourth-order valence-electron chi connectivity index (χ4n) is 11.0. The minimum absolute atomic E-state index is 0.00681. The normalized spacial score (nSPS) is 30.5. The number of benzene rings is 2. The molecule has 4 amide bonds. The number of nitrogens with one attached hydrogen (secondary N) is 3. The number of aromatic nitrogens is 1. The number of carbonyl (C=O) groups excluding carboxylic acids is 4. The standard InChI is InChI=1S/C49H59N5O9S/c55-44(52-49(27-38(49)31-22-23-31)47(57)53-64(59,60)35-24-25-35)40-26-34-28-54(40)46(56)42(33-15-7-8-16-33)51-48(58)63-41-21-11-17-32(41)14-5-2-6-19-37-43(61-29-30-12-3-1-4-13-30)36-18-9-10-20-39(36)50-45(37)62-34/h1-4,6,9-10,12-13,18,20,31-35,38,40-42H,5,7-8,11,14-17,19,21-29H2,(H,51,58)(H,52,55)(H,53,57)/b6-2+/t32-,34-,38+,40+,41-,42+,49-/m1/s1. The van der Waals surface area contributed by atoms with Gasteiger partial charge in [0, 0.05) is 11.8 Å². The second kappa shape index (κ2) is 17.7. The first-order valence-electron chi connectivity index (χ1n) is 23.6. The summed E-state index contributed by atoms with van der Waals surface area (Å²) in [5, 5.41) is 6.24. The van der Waals surface area contributed by atoms with Crippen molar-refractivity contribution in [2.75, 3.05) is 6.54 Å². The van der Waals surface area contributed by atoms with Crippen molar-refractivity contribution >= 4 is 44.7 Å². The van der Waals surface area contributed by atoms with E-state index < -0.39 is 62.8 Å². The van der Waals surface area contributed by atoms with Gasteiger partial charge in [-0.05, 0) is 125 Å². The molecular formula is C49H59N5O9S. The number of allylic oxidation sites excluding steroid dienone is 2. The molecule has 3 aromatic rings. The Kier molecular flexibility index (Phi) is 11.8.